The van der Waals surface area contributed by atoms with Gasteiger partial charge in [0.2, 0.25) is 0 Å². The third kappa shape index (κ3) is 3.49. The van der Waals surface area contributed by atoms with Gasteiger partial charge in [0.05, 0.1) is 21.7 Å². The number of imidazole rings is 1. The first-order valence-corrected chi connectivity index (χ1v) is 9.75. The number of hydrogen-bond donors (Lipinski definition) is 0. The van der Waals surface area contributed by atoms with Crippen LogP contribution in [0.3, 0.4) is 0 Å². The van der Waals surface area contributed by atoms with E-state index in [4.69, 9.17) is 21.3 Å². The Bertz CT molecular complexity index is 1260. The summed E-state index contributed by atoms with van der Waals surface area (Å²) in [5, 5.41) is 0.464. The zero-order valence-electron chi connectivity index (χ0n) is 15.7. The van der Waals surface area contributed by atoms with E-state index in [1.54, 1.807) is 16.8 Å². The minimum atomic E-state index is -0.177. The maximum absolute atomic E-state index is 12.7. The minimum Gasteiger partial charge on any atom is -0.485 e. The molecule has 1 fully saturated rings. The van der Waals surface area contributed by atoms with Crippen molar-refractivity contribution in [2.45, 2.75) is 25.4 Å². The zero-order valence-corrected chi connectivity index (χ0v) is 16.5. The molecule has 8 heteroatoms. The third-order valence-corrected chi connectivity index (χ3v) is 5.25. The zero-order chi connectivity index (χ0) is 20.0. The molecule has 1 aromatic carbocycles. The van der Waals surface area contributed by atoms with Crippen molar-refractivity contribution in [1.29, 1.82) is 0 Å². The first-order chi connectivity index (χ1) is 14.1. The number of aryl methyl sites for hydroxylation is 1. The van der Waals surface area contributed by atoms with Crippen LogP contribution in [0.5, 0.6) is 5.75 Å². The number of fused-ring (bicyclic) bond motifs is 1. The average Bonchev–Trinajstić information content (AvgIpc) is 3.52. The fourth-order valence-electron chi connectivity index (χ4n) is 3.38. The molecule has 0 spiro atoms. The molecule has 1 saturated carbocycles. The summed E-state index contributed by atoms with van der Waals surface area (Å²) in [6.45, 7) is 0.158. The van der Waals surface area contributed by atoms with Crippen molar-refractivity contribution in [3.63, 3.8) is 0 Å². The quantitative estimate of drug-likeness (QED) is 0.505. The van der Waals surface area contributed by atoms with Gasteiger partial charge in [-0.3, -0.25) is 9.36 Å². The topological polar surface area (TPSA) is 74.8 Å². The van der Waals surface area contributed by atoms with Crippen LogP contribution >= 0.6 is 11.6 Å². The van der Waals surface area contributed by atoms with Gasteiger partial charge in [0.15, 0.2) is 5.82 Å². The molecule has 7 nitrogen and oxygen atoms in total. The highest BCUT2D eigenvalue weighted by molar-refractivity contribution is 6.30. The molecule has 0 radical (unpaired) electrons. The highest BCUT2D eigenvalue weighted by atomic mass is 35.5. The van der Waals surface area contributed by atoms with Crippen LogP contribution in [0.2, 0.25) is 5.02 Å². The summed E-state index contributed by atoms with van der Waals surface area (Å²) in [4.78, 5) is 25.5. The Morgan fingerprint density at radius 2 is 1.97 bits per heavy atom. The summed E-state index contributed by atoms with van der Waals surface area (Å²) >= 11 is 5.78. The molecule has 1 aliphatic rings. The van der Waals surface area contributed by atoms with Crippen molar-refractivity contribution in [3.8, 4) is 11.4 Å². The van der Waals surface area contributed by atoms with Crippen LogP contribution in [-0.2, 0) is 13.7 Å². The summed E-state index contributed by atoms with van der Waals surface area (Å²) < 4.78 is 9.36. The Kier molecular flexibility index (Phi) is 4.32. The number of pyridine rings is 1. The maximum Gasteiger partial charge on any atom is 0.258 e. The summed E-state index contributed by atoms with van der Waals surface area (Å²) in [6, 6.07) is 9.08. The first-order valence-electron chi connectivity index (χ1n) is 9.37. The largest absolute Gasteiger partial charge is 0.485 e. The molecular formula is C21H18ClN5O2. The Labute approximate surface area is 171 Å². The van der Waals surface area contributed by atoms with Crippen molar-refractivity contribution in [1.82, 2.24) is 24.1 Å². The van der Waals surface area contributed by atoms with Gasteiger partial charge in [0.1, 0.15) is 18.2 Å². The van der Waals surface area contributed by atoms with Crippen molar-refractivity contribution in [2.75, 3.05) is 0 Å². The Hall–Kier alpha value is -3.19. The van der Waals surface area contributed by atoms with Crippen LogP contribution in [0.4, 0.5) is 0 Å². The van der Waals surface area contributed by atoms with Gasteiger partial charge in [-0.2, -0.15) is 0 Å². The fraction of sp³-hybridized carbons (Fsp3) is 0.238. The molecule has 4 aromatic rings. The van der Waals surface area contributed by atoms with E-state index in [-0.39, 0.29) is 12.2 Å². The van der Waals surface area contributed by atoms with E-state index < -0.39 is 0 Å². The molecule has 0 saturated heterocycles. The molecule has 0 unspecified atom stereocenters. The van der Waals surface area contributed by atoms with E-state index >= 15 is 0 Å². The van der Waals surface area contributed by atoms with Crippen LogP contribution in [-0.4, -0.2) is 24.1 Å². The number of hydrogen-bond acceptors (Lipinski definition) is 5. The second-order valence-corrected chi connectivity index (χ2v) is 7.59. The summed E-state index contributed by atoms with van der Waals surface area (Å²) in [6.07, 6.45) is 7.13. The molecule has 0 bridgehead atoms. The van der Waals surface area contributed by atoms with Crippen molar-refractivity contribution >= 4 is 22.6 Å². The highest BCUT2D eigenvalue weighted by Gasteiger charge is 2.28. The average molecular weight is 408 g/mol. The Morgan fingerprint density at radius 3 is 2.69 bits per heavy atom. The minimum absolute atomic E-state index is 0.158. The summed E-state index contributed by atoms with van der Waals surface area (Å²) in [7, 11) is 2.03. The molecule has 5 rings (SSSR count). The molecule has 146 valence electrons. The lowest BCUT2D eigenvalue weighted by molar-refractivity contribution is 0.295. The highest BCUT2D eigenvalue weighted by Crippen LogP contribution is 2.40. The Morgan fingerprint density at radius 1 is 1.17 bits per heavy atom. The maximum atomic E-state index is 12.7. The van der Waals surface area contributed by atoms with Gasteiger partial charge in [-0.1, -0.05) is 11.6 Å². The van der Waals surface area contributed by atoms with E-state index in [1.807, 2.05) is 25.2 Å². The molecule has 1 aliphatic carbocycles. The number of aromatic nitrogens is 5. The first kappa shape index (κ1) is 17.9. The monoisotopic (exact) mass is 407 g/mol. The van der Waals surface area contributed by atoms with Gasteiger partial charge in [-0.25, -0.2) is 15.0 Å². The van der Waals surface area contributed by atoms with E-state index in [1.165, 1.54) is 31.3 Å². The van der Waals surface area contributed by atoms with E-state index in [2.05, 4.69) is 14.5 Å². The van der Waals surface area contributed by atoms with Gasteiger partial charge in [0, 0.05) is 37.6 Å². The lowest BCUT2D eigenvalue weighted by Crippen LogP contribution is -2.17. The van der Waals surface area contributed by atoms with Crippen LogP contribution in [0, 0.1) is 0 Å². The molecule has 3 aromatic heterocycles. The van der Waals surface area contributed by atoms with Crippen molar-refractivity contribution in [3.05, 3.63) is 75.9 Å². The Balaban J connectivity index is 1.40. The summed E-state index contributed by atoms with van der Waals surface area (Å²) in [5.41, 5.74) is 2.59. The second kappa shape index (κ2) is 7.00. The molecule has 0 atom stereocenters. The van der Waals surface area contributed by atoms with Crippen LogP contribution in [0.1, 0.15) is 30.4 Å². The molecule has 3 heterocycles. The molecule has 0 N–H and O–H groups in total. The third-order valence-electron chi connectivity index (χ3n) is 5.05. The van der Waals surface area contributed by atoms with Gasteiger partial charge >= 0.3 is 0 Å². The molecular weight excluding hydrogens is 390 g/mol. The number of halogens is 1. The molecule has 0 aliphatic heterocycles. The van der Waals surface area contributed by atoms with Crippen LogP contribution in [0.25, 0.3) is 16.7 Å². The van der Waals surface area contributed by atoms with Gasteiger partial charge in [0.25, 0.3) is 5.56 Å². The number of rotatable bonds is 5. The number of nitrogens with zero attached hydrogens (tertiary/aromatic N) is 5. The van der Waals surface area contributed by atoms with Gasteiger partial charge in [-0.05, 0) is 37.1 Å². The van der Waals surface area contributed by atoms with Gasteiger partial charge in [-0.15, -0.1) is 0 Å². The van der Waals surface area contributed by atoms with Crippen LogP contribution < -0.4 is 10.3 Å². The molecule has 0 amide bonds. The second-order valence-electron chi connectivity index (χ2n) is 7.15. The fourth-order valence-corrected chi connectivity index (χ4v) is 3.48. The molecule has 29 heavy (non-hydrogen) atoms. The predicted octanol–water partition coefficient (Wildman–Crippen LogP) is 3.62. The van der Waals surface area contributed by atoms with E-state index in [0.717, 1.165) is 22.5 Å². The lowest BCUT2D eigenvalue weighted by Gasteiger charge is -2.09. The van der Waals surface area contributed by atoms with Crippen molar-refractivity contribution in [2.24, 2.45) is 7.05 Å². The predicted molar refractivity (Wildman–Crippen MR) is 110 cm³/mol. The van der Waals surface area contributed by atoms with E-state index in [0.29, 0.717) is 22.5 Å². The van der Waals surface area contributed by atoms with Crippen LogP contribution in [0.15, 0.2) is 53.7 Å². The van der Waals surface area contributed by atoms with E-state index in [9.17, 15) is 4.79 Å². The number of ether oxygens (including phenoxy) is 1. The normalized spacial score (nSPS) is 13.7. The number of benzene rings is 1. The smallest absolute Gasteiger partial charge is 0.258 e. The lowest BCUT2D eigenvalue weighted by atomic mass is 10.2. The standard InChI is InChI=1S/C21H18ClN5O2/c1-26-18-8-15(4-5-17(18)25-21(26)13-2-3-13)27-7-6-16(9-20(27)28)29-12-19-23-10-14(22)11-24-19/h4-11,13H,2-3,12H2,1H3. The SMILES string of the molecule is Cn1c(C2CC2)nc2ccc(-n3ccc(OCc4ncc(Cl)cn4)cc3=O)cc21. The summed E-state index contributed by atoms with van der Waals surface area (Å²) in [5.74, 6) is 2.64. The van der Waals surface area contributed by atoms with Crippen molar-refractivity contribution < 1.29 is 4.74 Å². The van der Waals surface area contributed by atoms with Gasteiger partial charge < -0.3 is 9.30 Å².